The molecule has 1 aromatic carbocycles. The highest BCUT2D eigenvalue weighted by atomic mass is 35.5. The van der Waals surface area contributed by atoms with Crippen LogP contribution in [0.25, 0.3) is 0 Å². The fraction of sp³-hybridized carbons (Fsp3) is 0.222. The lowest BCUT2D eigenvalue weighted by atomic mass is 10.0. The molecule has 0 atom stereocenters. The molecule has 0 unspecified atom stereocenters. The molecule has 0 aliphatic rings. The van der Waals surface area contributed by atoms with Crippen molar-refractivity contribution in [2.75, 3.05) is 0 Å². The molecule has 0 aliphatic heterocycles. The molecular weight excluding hydrogens is 261 g/mol. The lowest BCUT2D eigenvalue weighted by Gasteiger charge is -2.09. The number of nitrogens with zero attached hydrogens (tertiary/aromatic N) is 2. The molecule has 0 aromatic heterocycles. The standard InChI is InChI=1S/C9H4ClF3N2O2/c10-3-5-1-7(9(11,12)13)2-6(4-14)8(5)15(16)17/h1-2H,3H2. The van der Waals surface area contributed by atoms with Crippen LogP contribution in [0.4, 0.5) is 18.9 Å². The zero-order chi connectivity index (χ0) is 13.2. The van der Waals surface area contributed by atoms with Crippen LogP contribution >= 0.6 is 11.6 Å². The van der Waals surface area contributed by atoms with Crippen LogP contribution in [0.15, 0.2) is 12.1 Å². The van der Waals surface area contributed by atoms with Crippen LogP contribution in [0.1, 0.15) is 16.7 Å². The van der Waals surface area contributed by atoms with Crippen LogP contribution in [-0.2, 0) is 12.1 Å². The lowest BCUT2D eigenvalue weighted by molar-refractivity contribution is -0.385. The van der Waals surface area contributed by atoms with Gasteiger partial charge >= 0.3 is 6.18 Å². The van der Waals surface area contributed by atoms with Gasteiger partial charge in [-0.1, -0.05) is 0 Å². The zero-order valence-electron chi connectivity index (χ0n) is 8.08. The van der Waals surface area contributed by atoms with Gasteiger partial charge in [0, 0.05) is 5.56 Å². The van der Waals surface area contributed by atoms with E-state index >= 15 is 0 Å². The molecule has 1 aromatic rings. The van der Waals surface area contributed by atoms with E-state index < -0.39 is 33.8 Å². The van der Waals surface area contributed by atoms with E-state index in [2.05, 4.69) is 0 Å². The van der Waals surface area contributed by atoms with Crippen LogP contribution in [0, 0.1) is 21.4 Å². The summed E-state index contributed by atoms with van der Waals surface area (Å²) < 4.78 is 37.3. The maximum atomic E-state index is 12.4. The molecule has 4 nitrogen and oxygen atoms in total. The van der Waals surface area contributed by atoms with Gasteiger partial charge in [-0.2, -0.15) is 18.4 Å². The molecule has 8 heteroatoms. The molecule has 0 saturated heterocycles. The van der Waals surface area contributed by atoms with Crippen molar-refractivity contribution in [2.45, 2.75) is 12.1 Å². The van der Waals surface area contributed by atoms with Crippen molar-refractivity contribution in [3.05, 3.63) is 38.9 Å². The highest BCUT2D eigenvalue weighted by Crippen LogP contribution is 2.35. The fourth-order valence-corrected chi connectivity index (χ4v) is 1.46. The minimum Gasteiger partial charge on any atom is -0.258 e. The van der Waals surface area contributed by atoms with Crippen LogP contribution in [0.5, 0.6) is 0 Å². The Morgan fingerprint density at radius 3 is 2.41 bits per heavy atom. The Morgan fingerprint density at radius 2 is 2.06 bits per heavy atom. The first kappa shape index (κ1) is 13.3. The number of rotatable bonds is 2. The summed E-state index contributed by atoms with van der Waals surface area (Å²) in [6.45, 7) is 0. The van der Waals surface area contributed by atoms with Gasteiger partial charge in [-0.25, -0.2) is 0 Å². The Hall–Kier alpha value is -1.81. The van der Waals surface area contributed by atoms with Gasteiger partial charge in [0.15, 0.2) is 0 Å². The molecule has 0 saturated carbocycles. The van der Waals surface area contributed by atoms with E-state index in [0.29, 0.717) is 12.1 Å². The molecule has 1 rings (SSSR count). The van der Waals surface area contributed by atoms with Gasteiger partial charge in [0.1, 0.15) is 11.6 Å². The predicted octanol–water partition coefficient (Wildman–Crippen LogP) is 3.22. The first-order chi connectivity index (χ1) is 7.81. The van der Waals surface area contributed by atoms with E-state index in [-0.39, 0.29) is 5.56 Å². The van der Waals surface area contributed by atoms with Crippen molar-refractivity contribution in [3.63, 3.8) is 0 Å². The first-order valence-corrected chi connectivity index (χ1v) is 4.69. The highest BCUT2D eigenvalue weighted by molar-refractivity contribution is 6.17. The summed E-state index contributed by atoms with van der Waals surface area (Å²) in [5.74, 6) is -0.477. The molecule has 17 heavy (non-hydrogen) atoms. The Kier molecular flexibility index (Phi) is 3.58. The largest absolute Gasteiger partial charge is 0.416 e. The maximum Gasteiger partial charge on any atom is 0.416 e. The summed E-state index contributed by atoms with van der Waals surface area (Å²) in [4.78, 5) is 9.72. The third-order valence-electron chi connectivity index (χ3n) is 1.96. The SMILES string of the molecule is N#Cc1cc(C(F)(F)F)cc(CCl)c1[N+](=O)[O-]. The molecule has 0 amide bonds. The Morgan fingerprint density at radius 1 is 1.47 bits per heavy atom. The van der Waals surface area contributed by atoms with Gasteiger partial charge in [-0.15, -0.1) is 11.6 Å². The van der Waals surface area contributed by atoms with Crippen molar-refractivity contribution >= 4 is 17.3 Å². The number of nitro benzene ring substituents is 1. The minimum absolute atomic E-state index is 0.331. The summed E-state index contributed by atoms with van der Waals surface area (Å²) in [5, 5.41) is 19.2. The van der Waals surface area contributed by atoms with E-state index in [0.717, 1.165) is 0 Å². The predicted molar refractivity (Wildman–Crippen MR) is 52.4 cm³/mol. The minimum atomic E-state index is -4.68. The van der Waals surface area contributed by atoms with Gasteiger partial charge in [0.2, 0.25) is 0 Å². The zero-order valence-corrected chi connectivity index (χ0v) is 8.84. The first-order valence-electron chi connectivity index (χ1n) is 4.15. The summed E-state index contributed by atoms with van der Waals surface area (Å²) >= 11 is 5.35. The molecule has 90 valence electrons. The average molecular weight is 265 g/mol. The summed E-state index contributed by atoms with van der Waals surface area (Å²) in [6.07, 6.45) is -4.68. The number of alkyl halides is 4. The number of hydrogen-bond donors (Lipinski definition) is 0. The Labute approximate surface area is 98.4 Å². The monoisotopic (exact) mass is 264 g/mol. The Balaban J connectivity index is 3.58. The quantitative estimate of drug-likeness (QED) is 0.468. The summed E-state index contributed by atoms with van der Waals surface area (Å²) in [7, 11) is 0. The van der Waals surface area contributed by atoms with Crippen molar-refractivity contribution in [1.29, 1.82) is 5.26 Å². The fourth-order valence-electron chi connectivity index (χ4n) is 1.26. The van der Waals surface area contributed by atoms with Crippen molar-refractivity contribution in [2.24, 2.45) is 0 Å². The van der Waals surface area contributed by atoms with Gasteiger partial charge in [-0.05, 0) is 12.1 Å². The van der Waals surface area contributed by atoms with E-state index in [9.17, 15) is 23.3 Å². The van der Waals surface area contributed by atoms with Crippen molar-refractivity contribution in [1.82, 2.24) is 0 Å². The molecule has 0 bridgehead atoms. The van der Waals surface area contributed by atoms with E-state index in [1.807, 2.05) is 0 Å². The molecular formula is C9H4ClF3N2O2. The number of nitriles is 1. The average Bonchev–Trinajstić information content (AvgIpc) is 2.25. The smallest absolute Gasteiger partial charge is 0.258 e. The molecule has 0 fully saturated rings. The summed E-state index contributed by atoms with van der Waals surface area (Å²) in [5.41, 5.74) is -2.80. The molecule has 0 heterocycles. The second kappa shape index (κ2) is 4.59. The van der Waals surface area contributed by atoms with Crippen molar-refractivity contribution < 1.29 is 18.1 Å². The van der Waals surface area contributed by atoms with Crippen LogP contribution in [0.3, 0.4) is 0 Å². The van der Waals surface area contributed by atoms with Crippen molar-refractivity contribution in [3.8, 4) is 6.07 Å². The van der Waals surface area contributed by atoms with Crippen LogP contribution in [0.2, 0.25) is 0 Å². The second-order valence-corrected chi connectivity index (χ2v) is 3.30. The van der Waals surface area contributed by atoms with Gasteiger partial charge in [0.25, 0.3) is 5.69 Å². The van der Waals surface area contributed by atoms with Gasteiger partial charge in [-0.3, -0.25) is 10.1 Å². The second-order valence-electron chi connectivity index (χ2n) is 3.03. The summed E-state index contributed by atoms with van der Waals surface area (Å²) in [6, 6.07) is 2.38. The Bertz CT molecular complexity index is 508. The maximum absolute atomic E-state index is 12.4. The molecule has 0 N–H and O–H groups in total. The van der Waals surface area contributed by atoms with Crippen LogP contribution < -0.4 is 0 Å². The normalized spacial score (nSPS) is 11.0. The highest BCUT2D eigenvalue weighted by Gasteiger charge is 2.34. The number of nitro groups is 1. The lowest BCUT2D eigenvalue weighted by Crippen LogP contribution is -2.08. The molecule has 0 radical (unpaired) electrons. The molecule has 0 aliphatic carbocycles. The number of benzene rings is 1. The molecule has 0 spiro atoms. The van der Waals surface area contributed by atoms with Gasteiger partial charge < -0.3 is 0 Å². The van der Waals surface area contributed by atoms with Crippen LogP contribution in [-0.4, -0.2) is 4.92 Å². The van der Waals surface area contributed by atoms with E-state index in [4.69, 9.17) is 16.9 Å². The van der Waals surface area contributed by atoms with Gasteiger partial charge in [0.05, 0.1) is 16.4 Å². The van der Waals surface area contributed by atoms with E-state index in [1.165, 1.54) is 6.07 Å². The number of halogens is 4. The third-order valence-corrected chi connectivity index (χ3v) is 2.25. The third kappa shape index (κ3) is 2.65. The van der Waals surface area contributed by atoms with E-state index in [1.54, 1.807) is 0 Å². The topological polar surface area (TPSA) is 66.9 Å². The number of hydrogen-bond acceptors (Lipinski definition) is 3.